The third-order valence-electron chi connectivity index (χ3n) is 3.99. The first-order valence-corrected chi connectivity index (χ1v) is 7.01. The predicted octanol–water partition coefficient (Wildman–Crippen LogP) is 4.47. The molecule has 1 aromatic rings. The normalized spacial score (nSPS) is 24.6. The molecule has 0 radical (unpaired) electrons. The van der Waals surface area contributed by atoms with Crippen molar-refractivity contribution in [1.82, 2.24) is 0 Å². The Morgan fingerprint density at radius 2 is 1.78 bits per heavy atom. The molecule has 1 aliphatic rings. The monoisotopic (exact) mass is 244 g/mol. The zero-order valence-corrected chi connectivity index (χ0v) is 11.6. The topological polar surface area (TPSA) is 9.23 Å². The second-order valence-corrected chi connectivity index (χ2v) is 5.41. The van der Waals surface area contributed by atoms with Crippen molar-refractivity contribution in [2.24, 2.45) is 5.92 Å². The van der Waals surface area contributed by atoms with Gasteiger partial charge in [-0.2, -0.15) is 0 Å². The highest BCUT2D eigenvalue weighted by Crippen LogP contribution is 2.36. The number of aryl methyl sites for hydroxylation is 1. The maximum atomic E-state index is 5.05. The zero-order chi connectivity index (χ0) is 12.8. The first kappa shape index (κ1) is 13.4. The molecule has 2 rings (SSSR count). The van der Waals surface area contributed by atoms with Gasteiger partial charge in [-0.1, -0.05) is 42.0 Å². The van der Waals surface area contributed by atoms with Crippen LogP contribution in [0.3, 0.4) is 0 Å². The summed E-state index contributed by atoms with van der Waals surface area (Å²) in [4.78, 5) is 0. The molecule has 0 spiro atoms. The van der Waals surface area contributed by atoms with Crippen LogP contribution in [0.4, 0.5) is 0 Å². The molecule has 0 amide bonds. The molecule has 0 N–H and O–H groups in total. The molecule has 0 atom stereocenters. The molecule has 0 unspecified atom stereocenters. The van der Waals surface area contributed by atoms with E-state index in [1.807, 2.05) is 0 Å². The van der Waals surface area contributed by atoms with Crippen molar-refractivity contribution in [2.75, 3.05) is 13.7 Å². The molecule has 98 valence electrons. The molecule has 1 aromatic carbocycles. The van der Waals surface area contributed by atoms with E-state index in [1.54, 1.807) is 7.11 Å². The summed E-state index contributed by atoms with van der Waals surface area (Å²) < 4.78 is 5.05. The highest BCUT2D eigenvalue weighted by Gasteiger charge is 2.20. The molecule has 1 nitrogen and oxygen atoms in total. The quantitative estimate of drug-likeness (QED) is 0.710. The molecule has 0 aromatic heterocycles. The highest BCUT2D eigenvalue weighted by molar-refractivity contribution is 5.25. The Balaban J connectivity index is 1.84. The average Bonchev–Trinajstić information content (AvgIpc) is 2.41. The number of allylic oxidation sites excluding steroid dienone is 1. The smallest absolute Gasteiger partial charge is 0.0643 e. The van der Waals surface area contributed by atoms with E-state index in [1.165, 1.54) is 36.8 Å². The number of rotatable bonds is 4. The van der Waals surface area contributed by atoms with Gasteiger partial charge >= 0.3 is 0 Å². The lowest BCUT2D eigenvalue weighted by Crippen LogP contribution is -2.11. The van der Waals surface area contributed by atoms with Crippen LogP contribution in [-0.4, -0.2) is 13.7 Å². The molecule has 1 saturated carbocycles. The average molecular weight is 244 g/mol. The molecule has 1 fully saturated rings. The number of hydrogen-bond acceptors (Lipinski definition) is 1. The van der Waals surface area contributed by atoms with Crippen molar-refractivity contribution in [3.05, 3.63) is 47.5 Å². The van der Waals surface area contributed by atoms with E-state index in [9.17, 15) is 0 Å². The van der Waals surface area contributed by atoms with E-state index < -0.39 is 0 Å². The van der Waals surface area contributed by atoms with E-state index in [0.717, 1.165) is 18.4 Å². The summed E-state index contributed by atoms with van der Waals surface area (Å²) >= 11 is 0. The van der Waals surface area contributed by atoms with Gasteiger partial charge in [0.1, 0.15) is 0 Å². The summed E-state index contributed by atoms with van der Waals surface area (Å²) in [5.74, 6) is 1.54. The molecule has 1 heteroatoms. The van der Waals surface area contributed by atoms with E-state index in [0.29, 0.717) is 0 Å². The Labute approximate surface area is 111 Å². The molecule has 18 heavy (non-hydrogen) atoms. The van der Waals surface area contributed by atoms with E-state index >= 15 is 0 Å². The van der Waals surface area contributed by atoms with Crippen molar-refractivity contribution in [3.8, 4) is 0 Å². The third kappa shape index (κ3) is 3.71. The molecule has 1 aliphatic carbocycles. The van der Waals surface area contributed by atoms with Crippen LogP contribution in [0.25, 0.3) is 0 Å². The van der Waals surface area contributed by atoms with Gasteiger partial charge in [-0.05, 0) is 50.0 Å². The minimum Gasteiger partial charge on any atom is -0.381 e. The number of methoxy groups -OCH3 is 1. The van der Waals surface area contributed by atoms with Gasteiger partial charge in [-0.15, -0.1) is 0 Å². The Morgan fingerprint density at radius 3 is 2.39 bits per heavy atom. The van der Waals surface area contributed by atoms with Gasteiger partial charge in [0.2, 0.25) is 0 Å². The Kier molecular flexibility index (Phi) is 5.00. The minimum absolute atomic E-state index is 0.748. The summed E-state index contributed by atoms with van der Waals surface area (Å²) in [7, 11) is 1.75. The van der Waals surface area contributed by atoms with Crippen molar-refractivity contribution in [2.45, 2.75) is 38.5 Å². The van der Waals surface area contributed by atoms with Crippen LogP contribution in [0.1, 0.15) is 42.7 Å². The predicted molar refractivity (Wildman–Crippen MR) is 76.9 cm³/mol. The van der Waals surface area contributed by atoms with Crippen molar-refractivity contribution < 1.29 is 4.74 Å². The molecule has 0 bridgehead atoms. The second-order valence-electron chi connectivity index (χ2n) is 5.41. The second kappa shape index (κ2) is 6.75. The number of benzene rings is 1. The lowest BCUT2D eigenvalue weighted by Gasteiger charge is -2.27. The van der Waals surface area contributed by atoms with E-state index in [4.69, 9.17) is 4.74 Å². The molecule has 0 heterocycles. The maximum Gasteiger partial charge on any atom is 0.0643 e. The fourth-order valence-corrected chi connectivity index (χ4v) is 2.83. The molecule has 0 aliphatic heterocycles. The van der Waals surface area contributed by atoms with Crippen LogP contribution in [0, 0.1) is 12.8 Å². The summed E-state index contributed by atoms with van der Waals surface area (Å²) in [6.45, 7) is 2.90. The van der Waals surface area contributed by atoms with Crippen molar-refractivity contribution in [1.29, 1.82) is 0 Å². The minimum atomic E-state index is 0.748. The largest absolute Gasteiger partial charge is 0.381 e. The number of ether oxygens (including phenoxy) is 1. The molecular formula is C17H24O. The van der Waals surface area contributed by atoms with Crippen LogP contribution < -0.4 is 0 Å². The van der Waals surface area contributed by atoms with Crippen LogP contribution in [0.15, 0.2) is 36.4 Å². The van der Waals surface area contributed by atoms with Gasteiger partial charge in [0, 0.05) is 7.11 Å². The standard InChI is InChI=1S/C17H24O/c1-14-5-9-16(10-6-14)17-11-7-15(8-12-17)4-3-13-18-2/h3-6,9-10,15,17H,7-8,11-13H2,1-2H3/b4-3+/t15-,17-. The van der Waals surface area contributed by atoms with Crippen molar-refractivity contribution in [3.63, 3.8) is 0 Å². The Bertz CT molecular complexity index is 369. The maximum absolute atomic E-state index is 5.05. The fraction of sp³-hybridized carbons (Fsp3) is 0.529. The summed E-state index contributed by atoms with van der Waals surface area (Å²) in [6.07, 6.45) is 9.79. The Morgan fingerprint density at radius 1 is 1.11 bits per heavy atom. The van der Waals surface area contributed by atoms with Crippen LogP contribution in [0.2, 0.25) is 0 Å². The molecule has 0 saturated heterocycles. The van der Waals surface area contributed by atoms with Crippen LogP contribution in [-0.2, 0) is 4.74 Å². The van der Waals surface area contributed by atoms with Crippen molar-refractivity contribution >= 4 is 0 Å². The van der Waals surface area contributed by atoms with E-state index in [2.05, 4.69) is 43.3 Å². The number of hydrogen-bond donors (Lipinski definition) is 0. The van der Waals surface area contributed by atoms with Gasteiger partial charge in [0.05, 0.1) is 6.61 Å². The van der Waals surface area contributed by atoms with E-state index in [-0.39, 0.29) is 0 Å². The Hall–Kier alpha value is -1.08. The van der Waals surface area contributed by atoms with Gasteiger partial charge in [0.25, 0.3) is 0 Å². The third-order valence-corrected chi connectivity index (χ3v) is 3.99. The zero-order valence-electron chi connectivity index (χ0n) is 11.6. The van der Waals surface area contributed by atoms with Gasteiger partial charge in [0.15, 0.2) is 0 Å². The summed E-state index contributed by atoms with van der Waals surface area (Å²) in [5, 5.41) is 0. The SMILES string of the molecule is COC/C=C/[C@H]1CC[C@H](c2ccc(C)cc2)CC1. The van der Waals surface area contributed by atoms with Gasteiger partial charge in [-0.3, -0.25) is 0 Å². The van der Waals surface area contributed by atoms with Crippen LogP contribution in [0.5, 0.6) is 0 Å². The first-order chi connectivity index (χ1) is 8.79. The summed E-state index contributed by atoms with van der Waals surface area (Å²) in [5.41, 5.74) is 2.88. The van der Waals surface area contributed by atoms with Gasteiger partial charge in [-0.25, -0.2) is 0 Å². The fourth-order valence-electron chi connectivity index (χ4n) is 2.83. The summed E-state index contributed by atoms with van der Waals surface area (Å²) in [6, 6.07) is 9.09. The lowest BCUT2D eigenvalue weighted by molar-refractivity contribution is 0.233. The molecular weight excluding hydrogens is 220 g/mol. The lowest BCUT2D eigenvalue weighted by atomic mass is 9.78. The van der Waals surface area contributed by atoms with Crippen LogP contribution >= 0.6 is 0 Å². The highest BCUT2D eigenvalue weighted by atomic mass is 16.5. The first-order valence-electron chi connectivity index (χ1n) is 7.01. The van der Waals surface area contributed by atoms with Gasteiger partial charge < -0.3 is 4.74 Å².